The summed E-state index contributed by atoms with van der Waals surface area (Å²) in [5.41, 5.74) is 18.9. The molecule has 0 saturated heterocycles. The van der Waals surface area contributed by atoms with Crippen molar-refractivity contribution in [2.75, 3.05) is 71.7 Å². The summed E-state index contributed by atoms with van der Waals surface area (Å²) in [6.07, 6.45) is 17.6. The van der Waals surface area contributed by atoms with E-state index in [2.05, 4.69) is 22.5 Å². The van der Waals surface area contributed by atoms with E-state index in [4.69, 9.17) is 46.1 Å². The van der Waals surface area contributed by atoms with E-state index >= 15 is 0 Å². The largest absolute Gasteiger partial charge is 0.508 e. The molecule has 1 rings (SSSR count). The topological polar surface area (TPSA) is 406 Å². The summed E-state index contributed by atoms with van der Waals surface area (Å²) < 4.78 is 52.2. The lowest BCUT2D eigenvalue weighted by Crippen LogP contribution is -2.40. The lowest BCUT2D eigenvalue weighted by atomic mass is 9.74. The van der Waals surface area contributed by atoms with Crippen molar-refractivity contribution in [2.24, 2.45) is 46.8 Å². The minimum atomic E-state index is -3.85. The third-order valence-electron chi connectivity index (χ3n) is 16.0. The van der Waals surface area contributed by atoms with Gasteiger partial charge in [0.1, 0.15) is 36.6 Å². The van der Waals surface area contributed by atoms with Gasteiger partial charge in [-0.3, -0.25) is 43.5 Å². The van der Waals surface area contributed by atoms with Gasteiger partial charge in [-0.2, -0.15) is 8.42 Å². The highest BCUT2D eigenvalue weighted by molar-refractivity contribution is 7.85. The predicted molar refractivity (Wildman–Crippen MR) is 352 cm³/mol. The number of ether oxygens (including phenoxy) is 4. The van der Waals surface area contributed by atoms with E-state index in [1.54, 1.807) is 19.1 Å². The molecule has 0 radical (unpaired) electrons. The molecule has 13 N–H and O–H groups in total. The van der Waals surface area contributed by atoms with E-state index in [0.717, 1.165) is 51.4 Å². The van der Waals surface area contributed by atoms with E-state index in [1.807, 2.05) is 13.8 Å². The highest BCUT2D eigenvalue weighted by atomic mass is 32.2. The summed E-state index contributed by atoms with van der Waals surface area (Å²) in [5, 5.41) is 35.5. The minimum Gasteiger partial charge on any atom is -0.508 e. The second-order valence-electron chi connectivity index (χ2n) is 24.3. The number of aromatic hydroxyl groups is 1. The van der Waals surface area contributed by atoms with Gasteiger partial charge in [0.05, 0.1) is 50.7 Å². The Labute approximate surface area is 542 Å². The van der Waals surface area contributed by atoms with Crippen molar-refractivity contribution in [3.63, 3.8) is 0 Å². The fraction of sp³-hybridized carbons (Fsp3) is 0.742. The fourth-order valence-corrected chi connectivity index (χ4v) is 11.0. The maximum atomic E-state index is 14.4. The molecule has 6 atom stereocenters. The Morgan fingerprint density at radius 3 is 1.73 bits per heavy atom. The molecule has 25 heteroatoms. The number of benzene rings is 1. The van der Waals surface area contributed by atoms with Crippen LogP contribution in [0, 0.1) is 35.0 Å². The van der Waals surface area contributed by atoms with Gasteiger partial charge in [-0.15, -0.1) is 0 Å². The number of carboxylic acids is 1. The van der Waals surface area contributed by atoms with Crippen molar-refractivity contribution in [3.8, 4) is 5.75 Å². The molecule has 0 fully saturated rings. The zero-order chi connectivity index (χ0) is 67.8. The van der Waals surface area contributed by atoms with Crippen LogP contribution in [0.15, 0.2) is 36.5 Å². The number of nitrogens with one attached hydrogen (secondary N) is 4. The van der Waals surface area contributed by atoms with Crippen molar-refractivity contribution in [3.05, 3.63) is 42.1 Å². The molecule has 1 aromatic carbocycles. The minimum absolute atomic E-state index is 0. The van der Waals surface area contributed by atoms with Gasteiger partial charge in [-0.05, 0) is 87.8 Å². The van der Waals surface area contributed by atoms with Gasteiger partial charge in [-0.1, -0.05) is 123 Å². The molecule has 3 amide bonds. The summed E-state index contributed by atoms with van der Waals surface area (Å²) in [6, 6.07) is 4.53. The third-order valence-corrected chi connectivity index (χ3v) is 16.8. The average Bonchev–Trinajstić information content (AvgIpc) is 0.997. The monoisotopic (exact) mass is 1310 g/mol. The molecule has 0 aliphatic carbocycles. The normalized spacial score (nSPS) is 13.6. The number of aliphatic carboxylic acids is 1. The van der Waals surface area contributed by atoms with E-state index in [-0.39, 0.29) is 157 Å². The molecule has 522 valence electrons. The standard InChI is InChI=1S/C66H113N7O17S.H2/c1-48(2)63(69)59(77)44-52(64(80)50(4)56(26-17-18-27-60(67)68)58(76)45-53(65(70)81)43-51-28-30-54(74)31-29-51)24-19-20-34-71-62(79)47-90-41-38-87-36-22-25-55(75)46-89-40-39-88-37-35-72-61(78)33-32-57(66(82)83)73-49(3)23-16-14-12-10-8-6-5-7-9-11-13-15-21-42-91(84,85)86;/h28-31,48,50,52-53,56-57,63,73-74H,3,5-27,32-47,69H2,1-2,4H3,(H3,67,68)(H2,70,81)(H,71,79)(H,72,78)(H,82,83)(H,84,85,86);1H/t50?,52-,53-,56-,57+,63+;/m1./s1. The maximum Gasteiger partial charge on any atom is 0.326 e. The van der Waals surface area contributed by atoms with Gasteiger partial charge in [0.2, 0.25) is 17.7 Å². The molecule has 24 nitrogen and oxygen atoms in total. The quantitative estimate of drug-likeness (QED) is 0.0130. The second-order valence-corrected chi connectivity index (χ2v) is 25.9. The molecule has 0 spiro atoms. The van der Waals surface area contributed by atoms with Crippen LogP contribution in [0.1, 0.15) is 201 Å². The zero-order valence-electron chi connectivity index (χ0n) is 54.8. The number of carbonyl (C=O) groups is 8. The predicted octanol–water partition coefficient (Wildman–Crippen LogP) is 7.62. The number of phenolic OH excluding ortho intramolecular Hbond substituents is 1. The number of rotatable bonds is 62. The molecule has 91 heavy (non-hydrogen) atoms. The Kier molecular flexibility index (Phi) is 46.5. The Morgan fingerprint density at radius 2 is 1.14 bits per heavy atom. The highest BCUT2D eigenvalue weighted by Crippen LogP contribution is 2.31. The number of phenols is 1. The van der Waals surface area contributed by atoms with Crippen LogP contribution in [0.4, 0.5) is 0 Å². The Balaban J connectivity index is 0.0000828. The van der Waals surface area contributed by atoms with Crippen molar-refractivity contribution in [1.82, 2.24) is 16.0 Å². The number of allylic oxidation sites excluding steroid dienone is 1. The van der Waals surface area contributed by atoms with Gasteiger partial charge < -0.3 is 62.3 Å². The number of hydrogen-bond acceptors (Lipinski definition) is 18. The van der Waals surface area contributed by atoms with Crippen molar-refractivity contribution >= 4 is 62.8 Å². The van der Waals surface area contributed by atoms with Crippen molar-refractivity contribution in [1.29, 1.82) is 5.41 Å². The molecule has 0 bridgehead atoms. The van der Waals surface area contributed by atoms with Crippen LogP contribution in [0.5, 0.6) is 5.75 Å². The number of amides is 3. The average molecular weight is 1310 g/mol. The first-order valence-electron chi connectivity index (χ1n) is 33.0. The summed E-state index contributed by atoms with van der Waals surface area (Å²) in [7, 11) is -3.85. The van der Waals surface area contributed by atoms with Crippen molar-refractivity contribution in [2.45, 2.75) is 213 Å². The number of nitrogens with two attached hydrogens (primary N) is 3. The van der Waals surface area contributed by atoms with Gasteiger partial charge in [0, 0.05) is 82.6 Å². The number of ketones is 4. The molecule has 0 saturated carbocycles. The number of hydrogen-bond donors (Lipinski definition) is 10. The molecule has 0 aliphatic rings. The smallest absolute Gasteiger partial charge is 0.326 e. The third kappa shape index (κ3) is 44.5. The molecule has 0 aromatic heterocycles. The molecule has 1 aromatic rings. The Morgan fingerprint density at radius 1 is 0.604 bits per heavy atom. The van der Waals surface area contributed by atoms with E-state index in [1.165, 1.54) is 37.8 Å². The molecule has 0 aliphatic heterocycles. The lowest BCUT2D eigenvalue weighted by molar-refractivity contribution is -0.139. The van der Waals surface area contributed by atoms with Gasteiger partial charge >= 0.3 is 5.97 Å². The Bertz CT molecular complexity index is 2420. The Hall–Kier alpha value is -5.70. The first-order valence-corrected chi connectivity index (χ1v) is 34.6. The number of unbranched alkanes of at least 4 members (excludes halogenated alkanes) is 14. The highest BCUT2D eigenvalue weighted by Gasteiger charge is 2.36. The number of primary amides is 1. The lowest BCUT2D eigenvalue weighted by Gasteiger charge is -2.28. The number of Topliss-reactive ketones (excluding diaryl/α,β-unsaturated/α-hetero) is 4. The molecular formula is C66H115N7O17S. The van der Waals surface area contributed by atoms with Crippen LogP contribution in [-0.2, 0) is 73.8 Å². The second kappa shape index (κ2) is 50.8. The van der Waals surface area contributed by atoms with Crippen LogP contribution >= 0.6 is 0 Å². The summed E-state index contributed by atoms with van der Waals surface area (Å²) in [4.78, 5) is 103. The van der Waals surface area contributed by atoms with Crippen LogP contribution in [0.2, 0.25) is 0 Å². The van der Waals surface area contributed by atoms with Gasteiger partial charge in [-0.25, -0.2) is 4.79 Å². The van der Waals surface area contributed by atoms with Crippen LogP contribution < -0.4 is 33.2 Å². The van der Waals surface area contributed by atoms with E-state index in [9.17, 15) is 57.0 Å². The van der Waals surface area contributed by atoms with Gasteiger partial charge in [0.15, 0.2) is 11.6 Å². The fourth-order valence-electron chi connectivity index (χ4n) is 10.4. The summed E-state index contributed by atoms with van der Waals surface area (Å²) in [5.74, 6) is -6.82. The SMILES string of the molecule is C=C(CCCCCCCCCCCCCCCS(=O)(=O)O)N[C@@H](CCC(=O)NCCOCCOCC(=O)CCCOCCOCC(=O)NCCCC[C@H](CC(=O)[C@@H](N)C(C)C)C(=O)C(C)[C@@H](CCCCC(=N)N)C(=O)C[C@@H](Cc1ccc(O)cc1)C(N)=O)C(=O)O.[HH]. The van der Waals surface area contributed by atoms with E-state index in [0.29, 0.717) is 82.1 Å². The zero-order valence-corrected chi connectivity index (χ0v) is 55.6. The number of carboxylic acid groups (broad SMARTS) is 1. The first kappa shape index (κ1) is 83.3. The number of amidine groups is 1. The number of carbonyl (C=O) groups excluding carboxylic acids is 7. The molecular weight excluding hydrogens is 1190 g/mol. The van der Waals surface area contributed by atoms with Crippen LogP contribution in [0.25, 0.3) is 0 Å². The first-order chi connectivity index (χ1) is 43.3. The van der Waals surface area contributed by atoms with Crippen LogP contribution in [0.3, 0.4) is 0 Å². The maximum absolute atomic E-state index is 14.4. The van der Waals surface area contributed by atoms with Crippen molar-refractivity contribution < 1.29 is 81.9 Å². The molecule has 1 unspecified atom stereocenters. The van der Waals surface area contributed by atoms with Crippen LogP contribution in [-0.4, -0.2) is 160 Å². The van der Waals surface area contributed by atoms with E-state index < -0.39 is 57.7 Å². The molecule has 0 heterocycles. The summed E-state index contributed by atoms with van der Waals surface area (Å²) in [6.45, 7) is 10.8. The van der Waals surface area contributed by atoms with Gasteiger partial charge in [0.25, 0.3) is 10.1 Å². The summed E-state index contributed by atoms with van der Waals surface area (Å²) >= 11 is 0.